The van der Waals surface area contributed by atoms with Crippen LogP contribution in [0.3, 0.4) is 0 Å². The number of benzene rings is 1. The van der Waals surface area contributed by atoms with Crippen LogP contribution >= 0.6 is 0 Å². The molecular formula is C17H22N2O7S. The number of esters is 1. The third-order valence-corrected chi connectivity index (χ3v) is 5.27. The van der Waals surface area contributed by atoms with E-state index in [1.54, 1.807) is 26.0 Å². The highest BCUT2D eigenvalue weighted by Gasteiger charge is 2.53. The summed E-state index contributed by atoms with van der Waals surface area (Å²) in [6.07, 6.45) is -2.25. The number of carbonyl (C=O) groups excluding carboxylic acids is 1. The Kier molecular flexibility index (Phi) is 5.26. The van der Waals surface area contributed by atoms with Gasteiger partial charge < -0.3 is 18.9 Å². The van der Waals surface area contributed by atoms with Crippen molar-refractivity contribution >= 4 is 21.7 Å². The van der Waals surface area contributed by atoms with Crippen molar-refractivity contribution in [2.24, 2.45) is 5.10 Å². The van der Waals surface area contributed by atoms with Crippen LogP contribution in [0.1, 0.15) is 26.3 Å². The van der Waals surface area contributed by atoms with Gasteiger partial charge in [-0.1, -0.05) is 17.7 Å². The molecule has 0 bridgehead atoms. The van der Waals surface area contributed by atoms with Crippen LogP contribution in [-0.4, -0.2) is 51.0 Å². The van der Waals surface area contributed by atoms with E-state index in [-0.39, 0.29) is 17.2 Å². The van der Waals surface area contributed by atoms with E-state index >= 15 is 0 Å². The van der Waals surface area contributed by atoms with E-state index in [4.69, 9.17) is 18.9 Å². The van der Waals surface area contributed by atoms with E-state index in [2.05, 4.69) is 9.93 Å². The van der Waals surface area contributed by atoms with Crippen molar-refractivity contribution in [3.8, 4) is 0 Å². The lowest BCUT2D eigenvalue weighted by atomic mass is 10.1. The predicted molar refractivity (Wildman–Crippen MR) is 94.3 cm³/mol. The fraction of sp³-hybridized carbons (Fsp3) is 0.529. The summed E-state index contributed by atoms with van der Waals surface area (Å²) < 4.78 is 47.0. The van der Waals surface area contributed by atoms with E-state index in [0.29, 0.717) is 0 Å². The molecule has 2 fully saturated rings. The monoisotopic (exact) mass is 398 g/mol. The van der Waals surface area contributed by atoms with Gasteiger partial charge in [-0.15, -0.1) is 0 Å². The highest BCUT2D eigenvalue weighted by atomic mass is 32.2. The molecule has 3 atom stereocenters. The Morgan fingerprint density at radius 2 is 1.93 bits per heavy atom. The number of ether oxygens (including phenoxy) is 4. The number of hydrogen-bond acceptors (Lipinski definition) is 8. The van der Waals surface area contributed by atoms with Crippen molar-refractivity contribution in [1.29, 1.82) is 0 Å². The van der Waals surface area contributed by atoms with Crippen LogP contribution < -0.4 is 4.83 Å². The Balaban J connectivity index is 1.82. The van der Waals surface area contributed by atoms with Gasteiger partial charge in [0.25, 0.3) is 10.0 Å². The van der Waals surface area contributed by atoms with Crippen molar-refractivity contribution in [3.05, 3.63) is 29.8 Å². The van der Waals surface area contributed by atoms with E-state index in [1.807, 2.05) is 6.92 Å². The van der Waals surface area contributed by atoms with E-state index in [1.165, 1.54) is 19.1 Å². The van der Waals surface area contributed by atoms with Crippen LogP contribution in [0.5, 0.6) is 0 Å². The van der Waals surface area contributed by atoms with Crippen LogP contribution in [0.2, 0.25) is 0 Å². The molecule has 0 saturated carbocycles. The Bertz CT molecular complexity index is 849. The number of hydrogen-bond donors (Lipinski definition) is 1. The summed E-state index contributed by atoms with van der Waals surface area (Å²) in [5.41, 5.74) is 1.19. The lowest BCUT2D eigenvalue weighted by Crippen LogP contribution is -2.35. The number of nitrogens with zero attached hydrogens (tertiary/aromatic N) is 1. The highest BCUT2D eigenvalue weighted by molar-refractivity contribution is 7.89. The van der Waals surface area contributed by atoms with Gasteiger partial charge in [0, 0.05) is 6.92 Å². The second-order valence-electron chi connectivity index (χ2n) is 6.80. The zero-order chi connectivity index (χ0) is 19.8. The largest absolute Gasteiger partial charge is 0.463 e. The van der Waals surface area contributed by atoms with Gasteiger partial charge in [0.15, 0.2) is 18.2 Å². The molecule has 0 unspecified atom stereocenters. The molecule has 0 spiro atoms. The number of rotatable bonds is 5. The smallest absolute Gasteiger partial charge is 0.302 e. The summed E-state index contributed by atoms with van der Waals surface area (Å²) >= 11 is 0. The minimum absolute atomic E-state index is 0.0772. The molecule has 27 heavy (non-hydrogen) atoms. The van der Waals surface area contributed by atoms with Crippen LogP contribution in [0.15, 0.2) is 34.3 Å². The van der Waals surface area contributed by atoms with Crippen molar-refractivity contribution < 1.29 is 32.2 Å². The standard InChI is InChI=1S/C17H22N2O7S/c1-10-5-7-12(8-6-10)27(21,22)19-18-14-13(9-23-11(2)20)24-16-15(14)25-17(3,4)26-16/h5-8,13,15-16,19H,9H2,1-4H3/b18-14-/t13-,15-,16-/m1/s1. The van der Waals surface area contributed by atoms with Crippen LogP contribution in [0.25, 0.3) is 0 Å². The van der Waals surface area contributed by atoms with Gasteiger partial charge in [-0.3, -0.25) is 4.79 Å². The molecule has 1 aromatic carbocycles. The first kappa shape index (κ1) is 19.7. The fourth-order valence-electron chi connectivity index (χ4n) is 2.78. The van der Waals surface area contributed by atoms with Gasteiger partial charge in [-0.2, -0.15) is 18.4 Å². The molecule has 10 heteroatoms. The maximum absolute atomic E-state index is 12.5. The molecule has 1 N–H and O–H groups in total. The Morgan fingerprint density at radius 1 is 1.26 bits per heavy atom. The molecule has 2 heterocycles. The minimum atomic E-state index is -3.87. The molecule has 1 aromatic rings. The van der Waals surface area contributed by atoms with Crippen molar-refractivity contribution in [3.63, 3.8) is 0 Å². The number of carbonyl (C=O) groups is 1. The molecule has 2 saturated heterocycles. The lowest BCUT2D eigenvalue weighted by molar-refractivity contribution is -0.201. The van der Waals surface area contributed by atoms with Gasteiger partial charge >= 0.3 is 5.97 Å². The topological polar surface area (TPSA) is 113 Å². The number of fused-ring (bicyclic) bond motifs is 1. The Labute approximate surface area is 157 Å². The first-order valence-electron chi connectivity index (χ1n) is 8.38. The van der Waals surface area contributed by atoms with Crippen LogP contribution in [0.4, 0.5) is 0 Å². The Hall–Kier alpha value is -2.01. The number of hydrazone groups is 1. The SMILES string of the molecule is CC(=O)OC[C@H]1O[C@@H]2OC(C)(C)O[C@@H]2/C1=N\NS(=O)(=O)c1ccc(C)cc1. The zero-order valence-electron chi connectivity index (χ0n) is 15.5. The normalized spacial score (nSPS) is 28.1. The molecule has 0 radical (unpaired) electrons. The molecule has 0 aliphatic carbocycles. The van der Waals surface area contributed by atoms with E-state index < -0.39 is 40.3 Å². The zero-order valence-corrected chi connectivity index (χ0v) is 16.3. The van der Waals surface area contributed by atoms with Gasteiger partial charge in [0.05, 0.1) is 4.90 Å². The minimum Gasteiger partial charge on any atom is -0.463 e. The summed E-state index contributed by atoms with van der Waals surface area (Å²) in [7, 11) is -3.87. The predicted octanol–water partition coefficient (Wildman–Crippen LogP) is 1.07. The molecule has 0 amide bonds. The second-order valence-corrected chi connectivity index (χ2v) is 8.46. The maximum atomic E-state index is 12.5. The van der Waals surface area contributed by atoms with Crippen molar-refractivity contribution in [2.45, 2.75) is 56.9 Å². The highest BCUT2D eigenvalue weighted by Crippen LogP contribution is 2.36. The van der Waals surface area contributed by atoms with Crippen LogP contribution in [0, 0.1) is 6.92 Å². The lowest BCUT2D eigenvalue weighted by Gasteiger charge is -2.21. The van der Waals surface area contributed by atoms with Gasteiger partial charge in [-0.05, 0) is 32.9 Å². The van der Waals surface area contributed by atoms with Crippen molar-refractivity contribution in [2.75, 3.05) is 6.61 Å². The molecule has 3 rings (SSSR count). The first-order valence-corrected chi connectivity index (χ1v) is 9.86. The van der Waals surface area contributed by atoms with E-state index in [0.717, 1.165) is 5.56 Å². The van der Waals surface area contributed by atoms with Gasteiger partial charge in [0.1, 0.15) is 18.4 Å². The van der Waals surface area contributed by atoms with E-state index in [9.17, 15) is 13.2 Å². The molecule has 9 nitrogen and oxygen atoms in total. The molecule has 0 aromatic heterocycles. The second kappa shape index (κ2) is 7.19. The average Bonchev–Trinajstić information content (AvgIpc) is 3.02. The maximum Gasteiger partial charge on any atom is 0.302 e. The van der Waals surface area contributed by atoms with Gasteiger partial charge in [-0.25, -0.2) is 0 Å². The summed E-state index contributed by atoms with van der Waals surface area (Å²) in [6.45, 7) is 6.43. The molecule has 2 aliphatic heterocycles. The molecule has 2 aliphatic rings. The quantitative estimate of drug-likeness (QED) is 0.583. The average molecular weight is 398 g/mol. The summed E-state index contributed by atoms with van der Waals surface area (Å²) in [4.78, 5) is 13.4. The third kappa shape index (κ3) is 4.46. The summed E-state index contributed by atoms with van der Waals surface area (Å²) in [6, 6.07) is 6.35. The molecule has 148 valence electrons. The first-order chi connectivity index (χ1) is 12.6. The summed E-state index contributed by atoms with van der Waals surface area (Å²) in [5, 5.41) is 4.02. The fourth-order valence-corrected chi connectivity index (χ4v) is 3.61. The van der Waals surface area contributed by atoms with Crippen LogP contribution in [-0.2, 0) is 33.8 Å². The molecular weight excluding hydrogens is 376 g/mol. The Morgan fingerprint density at radius 3 is 2.56 bits per heavy atom. The van der Waals surface area contributed by atoms with Gasteiger partial charge in [0.2, 0.25) is 0 Å². The van der Waals surface area contributed by atoms with Crippen molar-refractivity contribution in [1.82, 2.24) is 4.83 Å². The number of nitrogens with one attached hydrogen (secondary N) is 1. The number of aryl methyl sites for hydroxylation is 1. The third-order valence-electron chi connectivity index (χ3n) is 4.04. The summed E-state index contributed by atoms with van der Waals surface area (Å²) in [5.74, 6) is -1.39. The number of sulfonamides is 1.